The van der Waals surface area contributed by atoms with Crippen molar-refractivity contribution >= 4 is 28.8 Å². The minimum Gasteiger partial charge on any atom is -0.496 e. The number of aliphatic hydroxyl groups is 1. The Morgan fingerprint density at radius 2 is 2.17 bits per heavy atom. The van der Waals surface area contributed by atoms with Crippen LogP contribution in [0.3, 0.4) is 0 Å². The largest absolute Gasteiger partial charge is 0.496 e. The molecule has 8 heteroatoms. The van der Waals surface area contributed by atoms with E-state index < -0.39 is 5.60 Å². The van der Waals surface area contributed by atoms with Crippen LogP contribution in [0.2, 0.25) is 5.02 Å². The Kier molecular flexibility index (Phi) is 6.47. The van der Waals surface area contributed by atoms with E-state index >= 15 is 0 Å². The third-order valence-electron chi connectivity index (χ3n) is 5.14. The van der Waals surface area contributed by atoms with Gasteiger partial charge in [-0.2, -0.15) is 15.2 Å². The van der Waals surface area contributed by atoms with Gasteiger partial charge in [0.15, 0.2) is 10.6 Å². The molecule has 0 aliphatic heterocycles. The van der Waals surface area contributed by atoms with E-state index in [1.807, 2.05) is 13.1 Å². The molecule has 0 spiro atoms. The van der Waals surface area contributed by atoms with Crippen molar-refractivity contribution in [2.24, 2.45) is 15.9 Å². The first-order valence-corrected chi connectivity index (χ1v) is 10.7. The topological polar surface area (TPSA) is 82.9 Å². The normalized spacial score (nSPS) is 15.9. The van der Waals surface area contributed by atoms with E-state index in [9.17, 15) is 10.4 Å². The predicted octanol–water partition coefficient (Wildman–Crippen LogP) is 4.38. The number of ether oxygens (including phenoxy) is 1. The fraction of sp³-hybridized carbons (Fsp3) is 0.476. The van der Waals surface area contributed by atoms with Crippen LogP contribution >= 0.6 is 22.9 Å². The molecule has 3 rings (SSSR count). The van der Waals surface area contributed by atoms with Crippen molar-refractivity contribution in [3.8, 4) is 11.9 Å². The van der Waals surface area contributed by atoms with Gasteiger partial charge in [-0.25, -0.2) is 0 Å². The van der Waals surface area contributed by atoms with Gasteiger partial charge in [-0.1, -0.05) is 29.4 Å². The molecule has 1 N–H and O–H groups in total. The summed E-state index contributed by atoms with van der Waals surface area (Å²) >= 11 is 7.58. The zero-order chi connectivity index (χ0) is 21.2. The lowest BCUT2D eigenvalue weighted by atomic mass is 9.85. The summed E-state index contributed by atoms with van der Waals surface area (Å²) in [7, 11) is 1.55. The number of methoxy groups -OCH3 is 1. The molecular weight excluding hydrogens is 408 g/mol. The molecule has 0 amide bonds. The molecule has 0 radical (unpaired) electrons. The highest BCUT2D eigenvalue weighted by Crippen LogP contribution is 2.31. The first-order chi connectivity index (χ1) is 13.7. The van der Waals surface area contributed by atoms with Crippen LogP contribution in [0, 0.1) is 24.3 Å². The summed E-state index contributed by atoms with van der Waals surface area (Å²) in [5.74, 6) is 1.38. The molecule has 1 heterocycles. The SMILES string of the molecule is COc1ccc(Cl)cc1C(=NC#N)/N=c1\sc(C(C)(C)O)c(C)n1CC1CCC1. The maximum Gasteiger partial charge on any atom is 0.207 e. The number of aromatic nitrogens is 1. The maximum absolute atomic E-state index is 10.6. The third-order valence-corrected chi connectivity index (χ3v) is 6.87. The van der Waals surface area contributed by atoms with Gasteiger partial charge in [0.2, 0.25) is 6.19 Å². The highest BCUT2D eigenvalue weighted by atomic mass is 35.5. The number of aliphatic imine (C=N–C) groups is 1. The van der Waals surface area contributed by atoms with Crippen LogP contribution in [-0.4, -0.2) is 22.6 Å². The first-order valence-electron chi connectivity index (χ1n) is 9.53. The highest BCUT2D eigenvalue weighted by molar-refractivity contribution is 7.09. The summed E-state index contributed by atoms with van der Waals surface area (Å²) in [6, 6.07) is 5.13. The van der Waals surface area contributed by atoms with Crippen molar-refractivity contribution in [3.63, 3.8) is 0 Å². The Balaban J connectivity index is 2.19. The Morgan fingerprint density at radius 1 is 1.45 bits per heavy atom. The van der Waals surface area contributed by atoms with Crippen LogP contribution in [0.5, 0.6) is 5.75 Å². The molecule has 0 atom stereocenters. The summed E-state index contributed by atoms with van der Waals surface area (Å²) in [4.78, 5) is 10.2. The van der Waals surface area contributed by atoms with E-state index in [4.69, 9.17) is 21.3 Å². The molecular formula is C21H25ClN4O2S. The maximum atomic E-state index is 10.6. The smallest absolute Gasteiger partial charge is 0.207 e. The van der Waals surface area contributed by atoms with E-state index in [1.165, 1.54) is 30.6 Å². The molecule has 0 bridgehead atoms. The Hall–Kier alpha value is -2.14. The van der Waals surface area contributed by atoms with Crippen molar-refractivity contribution in [2.45, 2.75) is 52.2 Å². The Bertz CT molecular complexity index is 1040. The molecule has 1 aliphatic rings. The summed E-state index contributed by atoms with van der Waals surface area (Å²) in [5.41, 5.74) is 0.555. The zero-order valence-corrected chi connectivity index (χ0v) is 18.6. The number of halogens is 1. The molecule has 1 saturated carbocycles. The predicted molar refractivity (Wildman–Crippen MR) is 115 cm³/mol. The summed E-state index contributed by atoms with van der Waals surface area (Å²) < 4.78 is 7.55. The number of nitrogens with zero attached hydrogens (tertiary/aromatic N) is 4. The fourth-order valence-electron chi connectivity index (χ4n) is 3.42. The van der Waals surface area contributed by atoms with Gasteiger partial charge in [0.05, 0.1) is 23.2 Å². The number of nitriles is 1. The quantitative estimate of drug-likeness (QED) is 0.432. The minimum absolute atomic E-state index is 0.234. The van der Waals surface area contributed by atoms with E-state index in [2.05, 4.69) is 9.56 Å². The van der Waals surface area contributed by atoms with E-state index in [0.29, 0.717) is 27.1 Å². The second-order valence-electron chi connectivity index (χ2n) is 7.76. The second-order valence-corrected chi connectivity index (χ2v) is 9.17. The Labute approximate surface area is 179 Å². The lowest BCUT2D eigenvalue weighted by Crippen LogP contribution is -2.26. The van der Waals surface area contributed by atoms with Crippen molar-refractivity contribution in [3.05, 3.63) is 44.2 Å². The number of hydrogen-bond acceptors (Lipinski definition) is 5. The van der Waals surface area contributed by atoms with Crippen molar-refractivity contribution in [1.82, 2.24) is 4.57 Å². The van der Waals surface area contributed by atoms with Gasteiger partial charge in [0.25, 0.3) is 0 Å². The molecule has 1 aliphatic carbocycles. The van der Waals surface area contributed by atoms with Crippen LogP contribution in [0.15, 0.2) is 28.2 Å². The average Bonchev–Trinajstić information content (AvgIpc) is 2.93. The van der Waals surface area contributed by atoms with Gasteiger partial charge in [-0.3, -0.25) is 0 Å². The third kappa shape index (κ3) is 4.72. The molecule has 0 unspecified atom stereocenters. The molecule has 0 saturated heterocycles. The van der Waals surface area contributed by atoms with Gasteiger partial charge in [-0.15, -0.1) is 0 Å². The van der Waals surface area contributed by atoms with Crippen LogP contribution in [0.4, 0.5) is 0 Å². The molecule has 6 nitrogen and oxygen atoms in total. The summed E-state index contributed by atoms with van der Waals surface area (Å²) in [6.07, 6.45) is 5.47. The van der Waals surface area contributed by atoms with Gasteiger partial charge in [0, 0.05) is 17.3 Å². The van der Waals surface area contributed by atoms with E-state index in [-0.39, 0.29) is 5.84 Å². The molecule has 154 valence electrons. The first kappa shape index (κ1) is 21.6. The molecule has 1 aromatic heterocycles. The average molecular weight is 433 g/mol. The Morgan fingerprint density at radius 3 is 2.72 bits per heavy atom. The van der Waals surface area contributed by atoms with Gasteiger partial charge < -0.3 is 14.4 Å². The fourth-order valence-corrected chi connectivity index (χ4v) is 4.74. The van der Waals surface area contributed by atoms with Gasteiger partial charge in [0.1, 0.15) is 5.75 Å². The molecule has 1 fully saturated rings. The second kappa shape index (κ2) is 8.70. The number of thiazole rings is 1. The van der Waals surface area contributed by atoms with E-state index in [0.717, 1.165) is 17.1 Å². The lowest BCUT2D eigenvalue weighted by molar-refractivity contribution is 0.0812. The number of benzene rings is 1. The van der Waals surface area contributed by atoms with Crippen molar-refractivity contribution in [2.75, 3.05) is 7.11 Å². The zero-order valence-electron chi connectivity index (χ0n) is 17.1. The summed E-state index contributed by atoms with van der Waals surface area (Å²) in [5, 5.41) is 20.4. The standard InChI is InChI=1S/C21H25ClN4O2S/c1-13-18(21(2,3)27)29-20(26(13)11-14-6-5-7-14)25-19(24-12-23)16-10-15(22)8-9-17(16)28-4/h8-10,14,27H,5-7,11H2,1-4H3/b24-19?,25-20-. The van der Waals surface area contributed by atoms with Gasteiger partial charge >= 0.3 is 0 Å². The van der Waals surface area contributed by atoms with E-state index in [1.54, 1.807) is 39.2 Å². The lowest BCUT2D eigenvalue weighted by Gasteiger charge is -2.26. The highest BCUT2D eigenvalue weighted by Gasteiger charge is 2.26. The van der Waals surface area contributed by atoms with Crippen LogP contribution < -0.4 is 9.54 Å². The number of rotatable bonds is 5. The molecule has 2 aromatic rings. The van der Waals surface area contributed by atoms with Crippen LogP contribution in [-0.2, 0) is 12.1 Å². The monoisotopic (exact) mass is 432 g/mol. The molecule has 1 aromatic carbocycles. The van der Waals surface area contributed by atoms with Crippen LogP contribution in [0.1, 0.15) is 49.2 Å². The van der Waals surface area contributed by atoms with Gasteiger partial charge in [-0.05, 0) is 57.7 Å². The van der Waals surface area contributed by atoms with Crippen molar-refractivity contribution < 1.29 is 9.84 Å². The number of hydrogen-bond donors (Lipinski definition) is 1. The van der Waals surface area contributed by atoms with Crippen LogP contribution in [0.25, 0.3) is 0 Å². The molecule has 29 heavy (non-hydrogen) atoms. The minimum atomic E-state index is -0.982. The number of amidine groups is 1. The van der Waals surface area contributed by atoms with Crippen molar-refractivity contribution in [1.29, 1.82) is 5.26 Å². The summed E-state index contributed by atoms with van der Waals surface area (Å²) in [6.45, 7) is 6.38.